The lowest BCUT2D eigenvalue weighted by molar-refractivity contribution is -0.148. The molecule has 3 aliphatic rings. The number of unbranched alkanes of at least 4 members (excludes halogenated alkanes) is 2. The van der Waals surface area contributed by atoms with Crippen LogP contribution < -0.4 is 14.2 Å². The van der Waals surface area contributed by atoms with Gasteiger partial charge in [0, 0.05) is 37.0 Å². The highest BCUT2D eigenvalue weighted by Crippen LogP contribution is 2.48. The number of hydrogen-bond donors (Lipinski definition) is 1. The van der Waals surface area contributed by atoms with E-state index in [1.165, 1.54) is 0 Å². The Morgan fingerprint density at radius 2 is 1.77 bits per heavy atom. The van der Waals surface area contributed by atoms with Crippen LogP contribution in [0.5, 0.6) is 17.2 Å². The number of carboxylic acid groups (broad SMARTS) is 1. The molecule has 0 radical (unpaired) electrons. The number of carbonyl (C=O) groups excluding carboxylic acids is 1. The number of aliphatic carboxylic acids is 1. The second kappa shape index (κ2) is 13.4. The van der Waals surface area contributed by atoms with E-state index in [1.54, 1.807) is 7.11 Å². The molecule has 4 rings (SSSR count). The first-order valence-corrected chi connectivity index (χ1v) is 14.7. The molecule has 0 unspecified atom stereocenters. The third-order valence-corrected chi connectivity index (χ3v) is 8.39. The van der Waals surface area contributed by atoms with Gasteiger partial charge in [0.05, 0.1) is 32.8 Å². The molecule has 1 amide bonds. The van der Waals surface area contributed by atoms with Crippen molar-refractivity contribution in [1.29, 1.82) is 0 Å². The van der Waals surface area contributed by atoms with Gasteiger partial charge >= 0.3 is 5.97 Å². The van der Waals surface area contributed by atoms with E-state index >= 15 is 0 Å². The van der Waals surface area contributed by atoms with Crippen LogP contribution in [0.25, 0.3) is 0 Å². The number of carboxylic acids is 1. The molecule has 3 aliphatic heterocycles. The summed E-state index contributed by atoms with van der Waals surface area (Å²) in [4.78, 5) is 30.7. The molecule has 3 atom stereocenters. The molecular weight excluding hydrogens is 516 g/mol. The van der Waals surface area contributed by atoms with Gasteiger partial charge in [-0.3, -0.25) is 14.5 Å². The van der Waals surface area contributed by atoms with Gasteiger partial charge in [-0.05, 0) is 37.0 Å². The maximum atomic E-state index is 13.7. The van der Waals surface area contributed by atoms with Gasteiger partial charge in [0.15, 0.2) is 17.8 Å². The average molecular weight is 563 g/mol. The van der Waals surface area contributed by atoms with Crippen LogP contribution in [-0.4, -0.2) is 92.4 Å². The summed E-state index contributed by atoms with van der Waals surface area (Å²) in [6, 6.07) is 3.31. The van der Waals surface area contributed by atoms with Gasteiger partial charge in [0.1, 0.15) is 0 Å². The standard InChI is InChI=1S/C30H46N2O8/c1-6-8-10-31(11-9-7-2)25(33)18-32-17-21(20-14-23(36-5)27-24(15-20)39-19-40-27)26(28(34)35)22(32)16-30(3,4)29-37-12-13-38-29/h14-15,21-22,26,29H,6-13,16-19H2,1-5H3,(H,34,35)/t21-,22-,26+/m1/s1. The van der Waals surface area contributed by atoms with Crippen molar-refractivity contribution in [3.63, 3.8) is 0 Å². The zero-order valence-corrected chi connectivity index (χ0v) is 24.6. The molecule has 40 heavy (non-hydrogen) atoms. The average Bonchev–Trinajstić information content (AvgIpc) is 3.69. The van der Waals surface area contributed by atoms with Crippen molar-refractivity contribution in [2.75, 3.05) is 53.3 Å². The van der Waals surface area contributed by atoms with Crippen LogP contribution in [0, 0.1) is 11.3 Å². The van der Waals surface area contributed by atoms with Crippen LogP contribution in [0.2, 0.25) is 0 Å². The molecule has 3 heterocycles. The van der Waals surface area contributed by atoms with Crippen molar-refractivity contribution < 1.29 is 38.4 Å². The fourth-order valence-corrected chi connectivity index (χ4v) is 6.23. The van der Waals surface area contributed by atoms with E-state index in [0.717, 1.165) is 31.2 Å². The van der Waals surface area contributed by atoms with Gasteiger partial charge in [-0.1, -0.05) is 40.5 Å². The van der Waals surface area contributed by atoms with E-state index in [4.69, 9.17) is 23.7 Å². The number of nitrogens with zero attached hydrogens (tertiary/aromatic N) is 2. The highest BCUT2D eigenvalue weighted by atomic mass is 16.7. The minimum atomic E-state index is -0.889. The minimum Gasteiger partial charge on any atom is -0.493 e. The summed E-state index contributed by atoms with van der Waals surface area (Å²) in [7, 11) is 1.56. The number of carbonyl (C=O) groups is 2. The zero-order chi connectivity index (χ0) is 28.9. The number of amides is 1. The Balaban J connectivity index is 1.67. The highest BCUT2D eigenvalue weighted by Gasteiger charge is 2.51. The largest absolute Gasteiger partial charge is 0.493 e. The number of hydrogen-bond acceptors (Lipinski definition) is 8. The molecule has 1 aromatic rings. The van der Waals surface area contributed by atoms with Gasteiger partial charge in [-0.2, -0.15) is 0 Å². The van der Waals surface area contributed by atoms with E-state index in [1.807, 2.05) is 30.9 Å². The first-order valence-electron chi connectivity index (χ1n) is 14.7. The molecule has 0 aliphatic carbocycles. The van der Waals surface area contributed by atoms with Gasteiger partial charge < -0.3 is 33.7 Å². The van der Waals surface area contributed by atoms with E-state index in [0.29, 0.717) is 56.5 Å². The third-order valence-electron chi connectivity index (χ3n) is 8.39. The van der Waals surface area contributed by atoms with Crippen LogP contribution in [-0.2, 0) is 19.1 Å². The fraction of sp³-hybridized carbons (Fsp3) is 0.733. The van der Waals surface area contributed by atoms with Gasteiger partial charge in [0.25, 0.3) is 0 Å². The van der Waals surface area contributed by atoms with Crippen molar-refractivity contribution >= 4 is 11.9 Å². The summed E-state index contributed by atoms with van der Waals surface area (Å²) in [5.41, 5.74) is 0.343. The van der Waals surface area contributed by atoms with Gasteiger partial charge in [-0.15, -0.1) is 0 Å². The van der Waals surface area contributed by atoms with E-state index in [2.05, 4.69) is 18.7 Å². The topological polar surface area (TPSA) is 107 Å². The molecule has 1 N–H and O–H groups in total. The lowest BCUT2D eigenvalue weighted by Crippen LogP contribution is -2.47. The van der Waals surface area contributed by atoms with Crippen molar-refractivity contribution in [3.05, 3.63) is 17.7 Å². The Morgan fingerprint density at radius 3 is 2.38 bits per heavy atom. The van der Waals surface area contributed by atoms with Crippen LogP contribution in [0.4, 0.5) is 0 Å². The smallest absolute Gasteiger partial charge is 0.308 e. The number of likely N-dealkylation sites (tertiary alicyclic amines) is 1. The SMILES string of the molecule is CCCCN(CCCC)C(=O)CN1C[C@H](c2cc(OC)c3c(c2)OCO3)[C@H](C(=O)O)[C@H]1CC(C)(C)C1OCCO1. The molecule has 10 nitrogen and oxygen atoms in total. The molecular formula is C30H46N2O8. The number of benzene rings is 1. The monoisotopic (exact) mass is 562 g/mol. The fourth-order valence-electron chi connectivity index (χ4n) is 6.23. The summed E-state index contributed by atoms with van der Waals surface area (Å²) in [6.07, 6.45) is 3.98. The summed E-state index contributed by atoms with van der Waals surface area (Å²) in [5, 5.41) is 10.6. The summed E-state index contributed by atoms with van der Waals surface area (Å²) in [5.74, 6) is -0.385. The molecule has 1 aromatic carbocycles. The van der Waals surface area contributed by atoms with Crippen molar-refractivity contribution in [1.82, 2.24) is 9.80 Å². The van der Waals surface area contributed by atoms with Crippen LogP contribution in [0.15, 0.2) is 12.1 Å². The lowest BCUT2D eigenvalue weighted by Gasteiger charge is -2.37. The summed E-state index contributed by atoms with van der Waals surface area (Å²) in [6.45, 7) is 11.5. The number of methoxy groups -OCH3 is 1. The quantitative estimate of drug-likeness (QED) is 0.358. The minimum absolute atomic E-state index is 0.0473. The van der Waals surface area contributed by atoms with E-state index in [-0.39, 0.29) is 25.2 Å². The molecule has 2 saturated heterocycles. The normalized spacial score (nSPS) is 23.1. The first kappa shape index (κ1) is 30.4. The molecule has 10 heteroatoms. The molecule has 224 valence electrons. The van der Waals surface area contributed by atoms with Crippen molar-refractivity contribution in [2.24, 2.45) is 11.3 Å². The van der Waals surface area contributed by atoms with Crippen LogP contribution >= 0.6 is 0 Å². The molecule has 0 aromatic heterocycles. The number of ether oxygens (including phenoxy) is 5. The number of fused-ring (bicyclic) bond motifs is 1. The molecule has 0 spiro atoms. The Labute approximate surface area is 237 Å². The number of rotatable bonds is 14. The van der Waals surface area contributed by atoms with E-state index < -0.39 is 29.6 Å². The lowest BCUT2D eigenvalue weighted by atomic mass is 9.77. The van der Waals surface area contributed by atoms with Crippen LogP contribution in [0.1, 0.15) is 71.3 Å². The summed E-state index contributed by atoms with van der Waals surface area (Å²) >= 11 is 0. The predicted octanol–water partition coefficient (Wildman–Crippen LogP) is 4.11. The highest BCUT2D eigenvalue weighted by molar-refractivity contribution is 5.79. The van der Waals surface area contributed by atoms with Crippen LogP contribution in [0.3, 0.4) is 0 Å². The second-order valence-electron chi connectivity index (χ2n) is 11.8. The zero-order valence-electron chi connectivity index (χ0n) is 24.6. The first-order chi connectivity index (χ1) is 19.2. The second-order valence-corrected chi connectivity index (χ2v) is 11.8. The summed E-state index contributed by atoms with van der Waals surface area (Å²) < 4.78 is 28.5. The molecule has 0 bridgehead atoms. The predicted molar refractivity (Wildman–Crippen MR) is 149 cm³/mol. The van der Waals surface area contributed by atoms with Crippen molar-refractivity contribution in [3.8, 4) is 17.2 Å². The maximum absolute atomic E-state index is 13.7. The Kier molecular flexibility index (Phi) is 10.2. The van der Waals surface area contributed by atoms with Gasteiger partial charge in [-0.25, -0.2) is 0 Å². The van der Waals surface area contributed by atoms with Gasteiger partial charge in [0.2, 0.25) is 18.4 Å². The Hall–Kier alpha value is -2.56. The third kappa shape index (κ3) is 6.66. The Bertz CT molecular complexity index is 1020. The Morgan fingerprint density at radius 1 is 1.10 bits per heavy atom. The maximum Gasteiger partial charge on any atom is 0.308 e. The molecule has 0 saturated carbocycles. The van der Waals surface area contributed by atoms with Crippen molar-refractivity contribution in [2.45, 2.75) is 78.0 Å². The van der Waals surface area contributed by atoms with E-state index in [9.17, 15) is 14.7 Å². The molecule has 2 fully saturated rings.